The molecule has 0 aliphatic heterocycles. The van der Waals surface area contributed by atoms with Crippen molar-refractivity contribution in [2.75, 3.05) is 5.75 Å². The molecule has 146 valence electrons. The van der Waals surface area contributed by atoms with Gasteiger partial charge in [-0.1, -0.05) is 42.2 Å². The van der Waals surface area contributed by atoms with E-state index in [0.29, 0.717) is 16.9 Å². The van der Waals surface area contributed by atoms with Crippen LogP contribution in [0.25, 0.3) is 0 Å². The molecule has 5 nitrogen and oxygen atoms in total. The summed E-state index contributed by atoms with van der Waals surface area (Å²) >= 11 is 1.45. The van der Waals surface area contributed by atoms with Gasteiger partial charge in [-0.15, -0.1) is 0 Å². The first-order valence-electron chi connectivity index (χ1n) is 8.75. The van der Waals surface area contributed by atoms with Crippen LogP contribution in [0.4, 0.5) is 0 Å². The van der Waals surface area contributed by atoms with Gasteiger partial charge < -0.3 is 15.5 Å². The largest absolute Gasteiger partial charge is 0.480 e. The van der Waals surface area contributed by atoms with Crippen molar-refractivity contribution in [3.63, 3.8) is 0 Å². The Morgan fingerprint density at radius 3 is 2.32 bits per heavy atom. The summed E-state index contributed by atoms with van der Waals surface area (Å²) in [6.07, 6.45) is 0. The van der Waals surface area contributed by atoms with E-state index >= 15 is 0 Å². The normalized spacial score (nSPS) is 11.8. The van der Waals surface area contributed by atoms with E-state index in [-0.39, 0.29) is 5.75 Å². The Kier molecular flexibility index (Phi) is 7.68. The molecular formula is C22H23NO4S. The Balaban J connectivity index is 1.94. The predicted octanol–water partition coefficient (Wildman–Crippen LogP) is 2.93. The molecule has 0 fully saturated rings. The summed E-state index contributed by atoms with van der Waals surface area (Å²) in [5, 5.41) is 21.6. The van der Waals surface area contributed by atoms with Crippen LogP contribution in [-0.2, 0) is 10.5 Å². The molecule has 3 N–H and O–H groups in total. The third-order valence-corrected chi connectivity index (χ3v) is 4.77. The summed E-state index contributed by atoms with van der Waals surface area (Å²) in [6.45, 7) is 3.17. The Hall–Kier alpha value is -2.75. The van der Waals surface area contributed by atoms with E-state index in [1.165, 1.54) is 11.8 Å². The summed E-state index contributed by atoms with van der Waals surface area (Å²) in [5.74, 6) is 4.95. The zero-order valence-electron chi connectivity index (χ0n) is 15.8. The highest BCUT2D eigenvalue weighted by Crippen LogP contribution is 2.13. The Morgan fingerprint density at radius 1 is 1.11 bits per heavy atom. The van der Waals surface area contributed by atoms with Crippen LogP contribution in [-0.4, -0.2) is 39.5 Å². The number of benzene rings is 2. The third-order valence-electron chi connectivity index (χ3n) is 3.66. The molecule has 0 bridgehead atoms. The summed E-state index contributed by atoms with van der Waals surface area (Å²) in [5.41, 5.74) is 1.02. The molecule has 1 amide bonds. The van der Waals surface area contributed by atoms with E-state index in [1.807, 2.05) is 30.3 Å². The number of hydrogen-bond donors (Lipinski definition) is 3. The minimum Gasteiger partial charge on any atom is -0.480 e. The van der Waals surface area contributed by atoms with Gasteiger partial charge in [0, 0.05) is 22.6 Å². The van der Waals surface area contributed by atoms with Gasteiger partial charge in [-0.05, 0) is 43.7 Å². The summed E-state index contributed by atoms with van der Waals surface area (Å²) in [7, 11) is 0. The second-order valence-corrected chi connectivity index (χ2v) is 7.78. The van der Waals surface area contributed by atoms with Gasteiger partial charge in [0.25, 0.3) is 5.91 Å². The topological polar surface area (TPSA) is 86.6 Å². The van der Waals surface area contributed by atoms with E-state index in [9.17, 15) is 19.8 Å². The maximum atomic E-state index is 12.4. The number of rotatable bonds is 7. The molecule has 1 atom stereocenters. The molecule has 0 heterocycles. The minimum absolute atomic E-state index is 0.269. The third kappa shape index (κ3) is 7.47. The van der Waals surface area contributed by atoms with Crippen molar-refractivity contribution >= 4 is 23.6 Å². The molecule has 28 heavy (non-hydrogen) atoms. The molecule has 0 radical (unpaired) electrons. The number of aliphatic carboxylic acids is 1. The maximum Gasteiger partial charge on any atom is 0.327 e. The summed E-state index contributed by atoms with van der Waals surface area (Å²) in [6, 6.07) is 15.3. The number of amides is 1. The zero-order chi connectivity index (χ0) is 20.6. The van der Waals surface area contributed by atoms with Crippen LogP contribution in [0.15, 0.2) is 54.6 Å². The van der Waals surface area contributed by atoms with E-state index < -0.39 is 23.5 Å². The SMILES string of the molecule is CC(C)(O)C#Cc1ccc(C(=O)N[C@@H](CSCc2ccccc2)C(=O)O)cc1. The van der Waals surface area contributed by atoms with Crippen LogP contribution in [0.3, 0.4) is 0 Å². The van der Waals surface area contributed by atoms with E-state index in [4.69, 9.17) is 0 Å². The van der Waals surface area contributed by atoms with Crippen molar-refractivity contribution in [1.82, 2.24) is 5.32 Å². The molecule has 0 spiro atoms. The number of carbonyl (C=O) groups excluding carboxylic acids is 1. The van der Waals surface area contributed by atoms with E-state index in [0.717, 1.165) is 5.56 Å². The molecule has 0 saturated carbocycles. The Morgan fingerprint density at radius 2 is 1.75 bits per heavy atom. The minimum atomic E-state index is -1.10. The van der Waals surface area contributed by atoms with Crippen LogP contribution in [0.1, 0.15) is 35.3 Å². The molecule has 0 aliphatic carbocycles. The molecule has 2 aromatic rings. The highest BCUT2D eigenvalue weighted by atomic mass is 32.2. The van der Waals surface area contributed by atoms with Gasteiger partial charge in [0.1, 0.15) is 11.6 Å². The average Bonchev–Trinajstić information content (AvgIpc) is 2.66. The predicted molar refractivity (Wildman–Crippen MR) is 111 cm³/mol. The Labute approximate surface area is 169 Å². The first-order valence-corrected chi connectivity index (χ1v) is 9.91. The van der Waals surface area contributed by atoms with E-state index in [2.05, 4.69) is 17.2 Å². The molecule has 0 aliphatic rings. The van der Waals surface area contributed by atoms with Crippen molar-refractivity contribution in [1.29, 1.82) is 0 Å². The van der Waals surface area contributed by atoms with Crippen LogP contribution >= 0.6 is 11.8 Å². The van der Waals surface area contributed by atoms with E-state index in [1.54, 1.807) is 38.1 Å². The van der Waals surface area contributed by atoms with Crippen LogP contribution in [0, 0.1) is 11.8 Å². The lowest BCUT2D eigenvalue weighted by molar-refractivity contribution is -0.138. The highest BCUT2D eigenvalue weighted by molar-refractivity contribution is 7.98. The maximum absolute atomic E-state index is 12.4. The van der Waals surface area contributed by atoms with Gasteiger partial charge >= 0.3 is 5.97 Å². The first-order chi connectivity index (χ1) is 13.2. The number of carbonyl (C=O) groups is 2. The Bertz CT molecular complexity index is 861. The number of hydrogen-bond acceptors (Lipinski definition) is 4. The van der Waals surface area contributed by atoms with Gasteiger partial charge in [-0.3, -0.25) is 4.79 Å². The molecule has 0 aromatic heterocycles. The standard InChI is InChI=1S/C22H23NO4S/c1-22(2,27)13-12-16-8-10-18(11-9-16)20(24)23-19(21(25)26)15-28-14-17-6-4-3-5-7-17/h3-11,19,27H,14-15H2,1-2H3,(H,23,24)(H,25,26)/t19-/m0/s1. The summed E-state index contributed by atoms with van der Waals surface area (Å²) in [4.78, 5) is 23.8. The second kappa shape index (κ2) is 9.98. The quantitative estimate of drug-likeness (QED) is 0.626. The number of thioether (sulfide) groups is 1. The van der Waals surface area contributed by atoms with Crippen molar-refractivity contribution in [3.05, 3.63) is 71.3 Å². The number of aliphatic hydroxyl groups is 1. The van der Waals surface area contributed by atoms with Crippen molar-refractivity contribution in [3.8, 4) is 11.8 Å². The van der Waals surface area contributed by atoms with Crippen LogP contribution < -0.4 is 5.32 Å². The molecule has 2 rings (SSSR count). The molecule has 0 saturated heterocycles. The van der Waals surface area contributed by atoms with Gasteiger partial charge in [0.15, 0.2) is 0 Å². The van der Waals surface area contributed by atoms with Gasteiger partial charge in [0.2, 0.25) is 0 Å². The van der Waals surface area contributed by atoms with Crippen LogP contribution in [0.2, 0.25) is 0 Å². The van der Waals surface area contributed by atoms with Crippen molar-refractivity contribution in [2.24, 2.45) is 0 Å². The number of carboxylic acids is 1. The van der Waals surface area contributed by atoms with Gasteiger partial charge in [-0.25, -0.2) is 4.79 Å². The lowest BCUT2D eigenvalue weighted by atomic mass is 10.1. The monoisotopic (exact) mass is 397 g/mol. The smallest absolute Gasteiger partial charge is 0.327 e. The average molecular weight is 397 g/mol. The molecule has 6 heteroatoms. The molecule has 0 unspecified atom stereocenters. The fourth-order valence-electron chi connectivity index (χ4n) is 2.22. The van der Waals surface area contributed by atoms with Crippen molar-refractivity contribution in [2.45, 2.75) is 31.2 Å². The van der Waals surface area contributed by atoms with Crippen LogP contribution in [0.5, 0.6) is 0 Å². The van der Waals surface area contributed by atoms with Gasteiger partial charge in [0.05, 0.1) is 0 Å². The highest BCUT2D eigenvalue weighted by Gasteiger charge is 2.20. The molecular weight excluding hydrogens is 374 g/mol. The zero-order valence-corrected chi connectivity index (χ0v) is 16.6. The van der Waals surface area contributed by atoms with Crippen molar-refractivity contribution < 1.29 is 19.8 Å². The molecule has 2 aromatic carbocycles. The lowest BCUT2D eigenvalue weighted by Crippen LogP contribution is -2.42. The first kappa shape index (κ1) is 21.5. The number of carboxylic acid groups (broad SMARTS) is 1. The second-order valence-electron chi connectivity index (χ2n) is 6.75. The summed E-state index contributed by atoms with van der Waals surface area (Å²) < 4.78 is 0. The fraction of sp³-hybridized carbons (Fsp3) is 0.273. The fourth-order valence-corrected chi connectivity index (χ4v) is 3.22. The van der Waals surface area contributed by atoms with Gasteiger partial charge in [-0.2, -0.15) is 11.8 Å². The lowest BCUT2D eigenvalue weighted by Gasteiger charge is -2.14. The number of nitrogens with one attached hydrogen (secondary N) is 1.